The number of hydrogen-bond donors (Lipinski definition) is 2. The molecule has 5 rings (SSSR count). The van der Waals surface area contributed by atoms with Gasteiger partial charge < -0.3 is 10.4 Å². The maximum absolute atomic E-state index is 13.1. The van der Waals surface area contributed by atoms with Crippen molar-refractivity contribution in [2.45, 2.75) is 75.0 Å². The zero-order chi connectivity index (χ0) is 28.7. The summed E-state index contributed by atoms with van der Waals surface area (Å²) < 4.78 is 65.3. The quantitative estimate of drug-likeness (QED) is 0.372. The number of carbonyl (C=O) groups excluding carboxylic acids is 1. The van der Waals surface area contributed by atoms with Crippen LogP contribution in [0.2, 0.25) is 0 Å². The molecule has 8 nitrogen and oxygen atoms in total. The van der Waals surface area contributed by atoms with E-state index in [-0.39, 0.29) is 35.0 Å². The number of hydrogen-bond acceptors (Lipinski definition) is 6. The second-order valence-electron chi connectivity index (χ2n) is 10.9. The highest BCUT2D eigenvalue weighted by atomic mass is 32.2. The third-order valence-electron chi connectivity index (χ3n) is 8.09. The lowest BCUT2D eigenvalue weighted by molar-refractivity contribution is -0.184. The van der Waals surface area contributed by atoms with Crippen molar-refractivity contribution in [1.29, 1.82) is 0 Å². The minimum Gasteiger partial charge on any atom is -0.394 e. The van der Waals surface area contributed by atoms with Crippen molar-refractivity contribution in [3.63, 3.8) is 0 Å². The second kappa shape index (κ2) is 11.1. The number of aliphatic hydroxyl groups excluding tert-OH is 1. The van der Waals surface area contributed by atoms with Gasteiger partial charge in [0.15, 0.2) is 9.84 Å². The number of alkyl halides is 3. The summed E-state index contributed by atoms with van der Waals surface area (Å²) in [6, 6.07) is 6.93. The number of nitrogens with one attached hydrogen (secondary N) is 1. The highest BCUT2D eigenvalue weighted by Gasteiger charge is 2.41. The Morgan fingerprint density at radius 3 is 2.38 bits per heavy atom. The normalized spacial score (nSPS) is 20.9. The molecule has 0 bridgehead atoms. The van der Waals surface area contributed by atoms with Crippen molar-refractivity contribution < 1.29 is 31.5 Å². The van der Waals surface area contributed by atoms with Crippen LogP contribution < -0.4 is 5.32 Å². The summed E-state index contributed by atoms with van der Waals surface area (Å²) in [6.07, 6.45) is 0.608. The summed E-state index contributed by atoms with van der Waals surface area (Å²) in [4.78, 5) is 17.8. The third-order valence-corrected chi connectivity index (χ3v) is 9.84. The molecule has 1 aromatic carbocycles. The molecule has 40 heavy (non-hydrogen) atoms. The van der Waals surface area contributed by atoms with Gasteiger partial charge >= 0.3 is 6.18 Å². The van der Waals surface area contributed by atoms with Crippen LogP contribution >= 0.6 is 0 Å². The van der Waals surface area contributed by atoms with E-state index in [9.17, 15) is 31.5 Å². The van der Waals surface area contributed by atoms with E-state index in [0.717, 1.165) is 18.5 Å². The summed E-state index contributed by atoms with van der Waals surface area (Å²) >= 11 is 0. The van der Waals surface area contributed by atoms with Gasteiger partial charge in [0.25, 0.3) is 5.91 Å². The van der Waals surface area contributed by atoms with Crippen LogP contribution in [0.25, 0.3) is 11.0 Å². The molecule has 12 heteroatoms. The molecular formula is C28H33F3N4O4S. The largest absolute Gasteiger partial charge is 0.394 e. The molecule has 216 valence electrons. The molecule has 2 fully saturated rings. The Kier molecular flexibility index (Phi) is 7.93. The average Bonchev–Trinajstić information content (AvgIpc) is 3.71. The number of fused-ring (bicyclic) bond motifs is 1. The predicted molar refractivity (Wildman–Crippen MR) is 142 cm³/mol. The molecule has 0 aliphatic heterocycles. The lowest BCUT2D eigenvalue weighted by Gasteiger charge is -2.30. The van der Waals surface area contributed by atoms with Crippen LogP contribution in [-0.4, -0.2) is 52.7 Å². The van der Waals surface area contributed by atoms with Gasteiger partial charge in [-0.05, 0) is 68.2 Å². The molecule has 0 saturated heterocycles. The maximum atomic E-state index is 13.1. The van der Waals surface area contributed by atoms with Crippen molar-refractivity contribution in [2.75, 3.05) is 12.4 Å². The van der Waals surface area contributed by atoms with Crippen molar-refractivity contribution in [1.82, 2.24) is 20.1 Å². The van der Waals surface area contributed by atoms with E-state index in [1.807, 2.05) is 4.68 Å². The monoisotopic (exact) mass is 578 g/mol. The Morgan fingerprint density at radius 1 is 1.12 bits per heavy atom. The van der Waals surface area contributed by atoms with Crippen molar-refractivity contribution in [3.8, 4) is 0 Å². The molecule has 1 atom stereocenters. The molecule has 2 heterocycles. The Balaban J connectivity index is 1.32. The van der Waals surface area contributed by atoms with Gasteiger partial charge in [0, 0.05) is 18.7 Å². The number of nitrogens with zero attached hydrogens (tertiary/aromatic N) is 3. The molecule has 1 amide bonds. The van der Waals surface area contributed by atoms with Gasteiger partial charge in [0.1, 0.15) is 11.0 Å². The topological polar surface area (TPSA) is 114 Å². The minimum absolute atomic E-state index is 0.0284. The van der Waals surface area contributed by atoms with Crippen LogP contribution in [0, 0.1) is 11.8 Å². The van der Waals surface area contributed by atoms with Gasteiger partial charge in [-0.1, -0.05) is 19.1 Å². The van der Waals surface area contributed by atoms with Crippen LogP contribution in [-0.2, 0) is 16.4 Å². The summed E-state index contributed by atoms with van der Waals surface area (Å²) in [7, 11) is -3.37. The summed E-state index contributed by atoms with van der Waals surface area (Å²) in [5, 5.41) is 17.4. The summed E-state index contributed by atoms with van der Waals surface area (Å²) in [5.74, 6) is -1.30. The number of sulfone groups is 1. The van der Waals surface area contributed by atoms with Gasteiger partial charge in [-0.15, -0.1) is 0 Å². The highest BCUT2D eigenvalue weighted by Crippen LogP contribution is 2.44. The molecule has 2 aliphatic carbocycles. The van der Waals surface area contributed by atoms with Gasteiger partial charge in [0.2, 0.25) is 0 Å². The number of benzene rings is 1. The minimum atomic E-state index is -4.14. The Bertz CT molecular complexity index is 1480. The van der Waals surface area contributed by atoms with Crippen LogP contribution in [0.5, 0.6) is 0 Å². The SMILES string of the molecule is CCS(=O)(=O)c1ccc([C@H](CO)NC(=O)c2cnc3c(C4CC4)n(CC4CCC(C(F)(F)F)CC4)nc3c2)cc1. The lowest BCUT2D eigenvalue weighted by Crippen LogP contribution is -2.30. The molecule has 3 aromatic rings. The average molecular weight is 579 g/mol. The van der Waals surface area contributed by atoms with E-state index >= 15 is 0 Å². The smallest absolute Gasteiger partial charge is 0.391 e. The van der Waals surface area contributed by atoms with E-state index in [0.29, 0.717) is 41.9 Å². The first-order valence-electron chi connectivity index (χ1n) is 13.7. The maximum Gasteiger partial charge on any atom is 0.391 e. The second-order valence-corrected chi connectivity index (χ2v) is 13.2. The molecule has 2 aliphatic rings. The molecule has 0 spiro atoms. The van der Waals surface area contributed by atoms with Crippen LogP contribution in [0.1, 0.15) is 79.0 Å². The van der Waals surface area contributed by atoms with Crippen molar-refractivity contribution in [2.24, 2.45) is 11.8 Å². The number of pyridine rings is 1. The zero-order valence-electron chi connectivity index (χ0n) is 22.2. The first-order valence-corrected chi connectivity index (χ1v) is 15.3. The molecule has 0 unspecified atom stereocenters. The van der Waals surface area contributed by atoms with Crippen molar-refractivity contribution in [3.05, 3.63) is 53.3 Å². The van der Waals surface area contributed by atoms with E-state index in [4.69, 9.17) is 5.10 Å². The first kappa shape index (κ1) is 28.5. The fourth-order valence-electron chi connectivity index (χ4n) is 5.52. The molecule has 2 aromatic heterocycles. The summed E-state index contributed by atoms with van der Waals surface area (Å²) in [5.41, 5.74) is 3.05. The van der Waals surface area contributed by atoms with E-state index in [1.165, 1.54) is 18.3 Å². The Hall–Kier alpha value is -2.99. The number of amides is 1. The standard InChI is InChI=1S/C28H33F3N4O4S/c1-2-40(38,39)22-11-7-18(8-12-22)24(16-36)33-27(37)20-13-23-25(32-14-20)26(19-5-6-19)35(34-23)15-17-3-9-21(10-4-17)28(29,30)31/h7-8,11-14,17,19,21,24,36H,2-6,9-10,15-16H2,1H3,(H,33,37)/t17?,21?,24-/m0/s1. The van der Waals surface area contributed by atoms with Gasteiger partial charge in [0.05, 0.1) is 40.5 Å². The third kappa shape index (κ3) is 6.02. The number of aliphatic hydroxyl groups is 1. The van der Waals surface area contributed by atoms with Crippen molar-refractivity contribution >= 4 is 26.8 Å². The van der Waals surface area contributed by atoms with Gasteiger partial charge in [-0.3, -0.25) is 14.5 Å². The van der Waals surface area contributed by atoms with Crippen LogP contribution in [0.3, 0.4) is 0 Å². The summed E-state index contributed by atoms with van der Waals surface area (Å²) in [6.45, 7) is 1.70. The fraction of sp³-hybridized carbons (Fsp3) is 0.536. The van der Waals surface area contributed by atoms with Gasteiger partial charge in [-0.2, -0.15) is 18.3 Å². The lowest BCUT2D eigenvalue weighted by atomic mass is 9.81. The number of halogens is 3. The molecular weight excluding hydrogens is 545 g/mol. The van der Waals surface area contributed by atoms with E-state index in [2.05, 4.69) is 10.3 Å². The predicted octanol–water partition coefficient (Wildman–Crippen LogP) is 4.93. The van der Waals surface area contributed by atoms with Crippen LogP contribution in [0.15, 0.2) is 41.4 Å². The number of rotatable bonds is 9. The zero-order valence-corrected chi connectivity index (χ0v) is 23.0. The van der Waals surface area contributed by atoms with E-state index in [1.54, 1.807) is 25.1 Å². The van der Waals surface area contributed by atoms with Gasteiger partial charge in [-0.25, -0.2) is 8.42 Å². The molecule has 0 radical (unpaired) electrons. The first-order chi connectivity index (χ1) is 19.0. The molecule has 2 N–H and O–H groups in total. The number of aromatic nitrogens is 3. The Labute approximate surface area is 230 Å². The highest BCUT2D eigenvalue weighted by molar-refractivity contribution is 7.91. The number of carbonyl (C=O) groups is 1. The molecule has 2 saturated carbocycles. The van der Waals surface area contributed by atoms with E-state index < -0.39 is 40.5 Å². The fourth-order valence-corrected chi connectivity index (χ4v) is 6.41. The Morgan fingerprint density at radius 2 is 1.80 bits per heavy atom. The van der Waals surface area contributed by atoms with Crippen LogP contribution in [0.4, 0.5) is 13.2 Å².